The third-order valence-corrected chi connectivity index (χ3v) is 11.4. The molecular formula is C33H31Cl2F3N6O2S2. The molecule has 1 atom stereocenters. The van der Waals surface area contributed by atoms with Gasteiger partial charge >= 0.3 is 6.18 Å². The predicted octanol–water partition coefficient (Wildman–Crippen LogP) is 6.80. The maximum atomic E-state index is 13.9. The molecule has 1 unspecified atom stereocenters. The molecule has 2 fully saturated rings. The number of rotatable bonds is 8. The van der Waals surface area contributed by atoms with Crippen molar-refractivity contribution in [3.8, 4) is 28.1 Å². The van der Waals surface area contributed by atoms with E-state index in [9.17, 15) is 22.2 Å². The number of hydrazine groups is 1. The van der Waals surface area contributed by atoms with Gasteiger partial charge in [0.15, 0.2) is 5.69 Å². The maximum Gasteiger partial charge on any atom is 0.416 e. The molecular weight excluding hydrogens is 704 g/mol. The minimum absolute atomic E-state index is 0.00654. The standard InChI is InChI=1S/C33H31Cl2F3N6O2S2/c1-48(46,43-18-5-19-43)39-21-26-30(32(45)41-42-16-3-2-4-17-42)40-44(28-14-11-24(34)20-27(28)35)31(26)29-15-13-25(47-29)12-8-22-6-9-23(10-7-22)33(36,37)38/h6-7,9-11,13-15,20H,1-5,16-19,21H2,(H,39,46)(H,41,45). The third-order valence-electron chi connectivity index (χ3n) is 8.04. The molecule has 0 saturated carbocycles. The molecule has 0 spiro atoms. The first-order valence-electron chi connectivity index (χ1n) is 15.2. The van der Waals surface area contributed by atoms with Crippen LogP contribution in [0.1, 0.15) is 57.7 Å². The first-order chi connectivity index (χ1) is 22.9. The Kier molecular flexibility index (Phi) is 10.2. The van der Waals surface area contributed by atoms with Gasteiger partial charge < -0.3 is 0 Å². The van der Waals surface area contributed by atoms with Crippen LogP contribution in [0.5, 0.6) is 0 Å². The van der Waals surface area contributed by atoms with Crippen molar-refractivity contribution >= 4 is 56.2 Å². The Hall–Kier alpha value is -3.35. The first kappa shape index (κ1) is 34.5. The average molecular weight is 736 g/mol. The molecule has 6 rings (SSSR count). The minimum Gasteiger partial charge on any atom is -0.283 e. The summed E-state index contributed by atoms with van der Waals surface area (Å²) in [4.78, 5) is 15.2. The van der Waals surface area contributed by atoms with Crippen LogP contribution in [0.3, 0.4) is 0 Å². The first-order valence-corrected chi connectivity index (χ1v) is 18.4. The summed E-state index contributed by atoms with van der Waals surface area (Å²) in [7, 11) is -2.83. The normalized spacial score (nSPS) is 16.9. The average Bonchev–Trinajstić information content (AvgIpc) is 3.63. The van der Waals surface area contributed by atoms with Crippen molar-refractivity contribution in [2.24, 2.45) is 0 Å². The Morgan fingerprint density at radius 1 is 0.979 bits per heavy atom. The fourth-order valence-corrected chi connectivity index (χ4v) is 8.16. The number of hydrogen-bond acceptors (Lipinski definition) is 5. The number of benzene rings is 2. The van der Waals surface area contributed by atoms with Gasteiger partial charge in [0.05, 0.1) is 41.6 Å². The monoisotopic (exact) mass is 734 g/mol. The number of hydrogen-bond donors (Lipinski definition) is 2. The highest BCUT2D eigenvalue weighted by Crippen LogP contribution is 2.37. The quantitative estimate of drug-likeness (QED) is 0.154. The Labute approximate surface area is 291 Å². The number of aromatic nitrogens is 2. The lowest BCUT2D eigenvalue weighted by Gasteiger charge is -2.33. The zero-order chi connectivity index (χ0) is 34.1. The van der Waals surface area contributed by atoms with Crippen molar-refractivity contribution in [3.05, 3.63) is 91.9 Å². The zero-order valence-corrected chi connectivity index (χ0v) is 28.7. The van der Waals surface area contributed by atoms with Gasteiger partial charge in [-0.25, -0.2) is 22.9 Å². The summed E-state index contributed by atoms with van der Waals surface area (Å²) in [6.45, 7) is 2.73. The number of carbonyl (C=O) groups excluding carboxylic acids is 1. The molecule has 2 aromatic heterocycles. The van der Waals surface area contributed by atoms with Gasteiger partial charge in [0, 0.05) is 48.9 Å². The molecule has 4 aromatic rings. The lowest BCUT2D eigenvalue weighted by Crippen LogP contribution is -2.48. The Bertz CT molecular complexity index is 1990. The maximum absolute atomic E-state index is 13.9. The number of thiophene rings is 1. The number of nitrogens with one attached hydrogen (secondary N) is 2. The van der Waals surface area contributed by atoms with E-state index in [0.717, 1.165) is 37.8 Å². The van der Waals surface area contributed by atoms with E-state index in [4.69, 9.17) is 28.3 Å². The Morgan fingerprint density at radius 3 is 2.35 bits per heavy atom. The fourth-order valence-electron chi connectivity index (χ4n) is 5.35. The number of nitrogens with zero attached hydrogens (tertiary/aromatic N) is 4. The topological polar surface area (TPSA) is 82.5 Å². The van der Waals surface area contributed by atoms with Crippen molar-refractivity contribution in [2.45, 2.75) is 38.4 Å². The van der Waals surface area contributed by atoms with Gasteiger partial charge in [-0.05, 0) is 79.7 Å². The molecule has 0 bridgehead atoms. The third kappa shape index (κ3) is 7.76. The van der Waals surface area contributed by atoms with Crippen LogP contribution in [0.25, 0.3) is 16.3 Å². The summed E-state index contributed by atoms with van der Waals surface area (Å²) in [6.07, 6.45) is -0.510. The van der Waals surface area contributed by atoms with Crippen molar-refractivity contribution in [2.75, 3.05) is 26.2 Å². The second-order valence-corrected chi connectivity index (χ2v) is 15.4. The van der Waals surface area contributed by atoms with E-state index in [-0.39, 0.29) is 12.2 Å². The van der Waals surface area contributed by atoms with Crippen LogP contribution in [0.4, 0.5) is 13.2 Å². The summed E-state index contributed by atoms with van der Waals surface area (Å²) in [6, 6.07) is 13.2. The molecule has 252 valence electrons. The summed E-state index contributed by atoms with van der Waals surface area (Å²) in [5.41, 5.74) is 4.28. The van der Waals surface area contributed by atoms with Crippen LogP contribution in [-0.2, 0) is 22.6 Å². The van der Waals surface area contributed by atoms with E-state index < -0.39 is 27.5 Å². The van der Waals surface area contributed by atoms with E-state index >= 15 is 0 Å². The summed E-state index contributed by atoms with van der Waals surface area (Å²) in [5, 5.41) is 7.38. The van der Waals surface area contributed by atoms with E-state index in [1.807, 2.05) is 11.1 Å². The summed E-state index contributed by atoms with van der Waals surface area (Å²) < 4.78 is 59.0. The second-order valence-electron chi connectivity index (χ2n) is 11.4. The number of amides is 1. The molecule has 2 aromatic carbocycles. The van der Waals surface area contributed by atoms with E-state index in [2.05, 4.69) is 27.9 Å². The number of halogens is 5. The van der Waals surface area contributed by atoms with Crippen molar-refractivity contribution in [1.29, 1.82) is 0 Å². The van der Waals surface area contributed by atoms with Gasteiger partial charge in [0.2, 0.25) is 0 Å². The van der Waals surface area contributed by atoms with E-state index in [1.54, 1.807) is 33.3 Å². The van der Waals surface area contributed by atoms with Crippen molar-refractivity contribution in [3.63, 3.8) is 0 Å². The molecule has 0 aliphatic carbocycles. The lowest BCUT2D eigenvalue weighted by molar-refractivity contribution is -0.137. The molecule has 48 heavy (non-hydrogen) atoms. The Balaban J connectivity index is 1.43. The van der Waals surface area contributed by atoms with Gasteiger partial charge in [0.1, 0.15) is 0 Å². The molecule has 2 N–H and O–H groups in total. The molecule has 1 amide bonds. The van der Waals surface area contributed by atoms with Gasteiger partial charge in [-0.3, -0.25) is 10.2 Å². The number of alkyl halides is 3. The molecule has 0 radical (unpaired) electrons. The molecule has 2 aliphatic heterocycles. The number of piperidine rings is 1. The second kappa shape index (κ2) is 14.2. The molecule has 2 aliphatic rings. The number of carbonyl (C=O) groups is 1. The van der Waals surface area contributed by atoms with Crippen LogP contribution in [0, 0.1) is 11.8 Å². The summed E-state index contributed by atoms with van der Waals surface area (Å²) >= 11 is 14.2. The largest absolute Gasteiger partial charge is 0.416 e. The smallest absolute Gasteiger partial charge is 0.283 e. The van der Waals surface area contributed by atoms with Crippen LogP contribution in [0.15, 0.2) is 54.6 Å². The SMILES string of the molecule is C=S(=O)(NCc1c(C(=O)NN2CCCCC2)nn(-c2ccc(Cl)cc2Cl)c1-c1ccc(C#Cc2ccc(C(F)(F)F)cc2)s1)N1CCC1. The van der Waals surface area contributed by atoms with Crippen molar-refractivity contribution < 1.29 is 22.2 Å². The van der Waals surface area contributed by atoms with Crippen LogP contribution in [0.2, 0.25) is 10.0 Å². The molecule has 15 heteroatoms. The van der Waals surface area contributed by atoms with E-state index in [0.29, 0.717) is 68.5 Å². The summed E-state index contributed by atoms with van der Waals surface area (Å²) in [5.74, 6) is 9.46. The highest BCUT2D eigenvalue weighted by atomic mass is 35.5. The fraction of sp³-hybridized carbons (Fsp3) is 0.303. The Morgan fingerprint density at radius 2 is 1.71 bits per heavy atom. The van der Waals surface area contributed by atoms with Crippen LogP contribution in [-0.4, -0.2) is 61.3 Å². The van der Waals surface area contributed by atoms with E-state index in [1.165, 1.54) is 23.5 Å². The van der Waals surface area contributed by atoms with Gasteiger partial charge in [-0.1, -0.05) is 41.5 Å². The van der Waals surface area contributed by atoms with Crippen LogP contribution < -0.4 is 10.1 Å². The highest BCUT2D eigenvalue weighted by Gasteiger charge is 2.31. The van der Waals surface area contributed by atoms with Gasteiger partial charge in [-0.2, -0.15) is 18.3 Å². The highest BCUT2D eigenvalue weighted by molar-refractivity contribution is 7.96. The minimum atomic E-state index is -4.43. The molecule has 2 saturated heterocycles. The zero-order valence-electron chi connectivity index (χ0n) is 25.6. The van der Waals surface area contributed by atoms with Gasteiger partial charge in [-0.15, -0.1) is 11.3 Å². The molecule has 4 heterocycles. The van der Waals surface area contributed by atoms with Gasteiger partial charge in [0.25, 0.3) is 5.91 Å². The lowest BCUT2D eigenvalue weighted by atomic mass is 10.1. The van der Waals surface area contributed by atoms with Crippen molar-refractivity contribution in [1.82, 2.24) is 29.2 Å². The van der Waals surface area contributed by atoms with Crippen LogP contribution >= 0.6 is 34.5 Å². The predicted molar refractivity (Wildman–Crippen MR) is 186 cm³/mol. The molecule has 8 nitrogen and oxygen atoms in total.